The molecule has 0 unspecified atom stereocenters. The highest BCUT2D eigenvalue weighted by Gasteiger charge is 2.23. The number of hydrogen-bond acceptors (Lipinski definition) is 2. The summed E-state index contributed by atoms with van der Waals surface area (Å²) in [5.74, 6) is 0.923. The Morgan fingerprint density at radius 3 is 1.67 bits per heavy atom. The summed E-state index contributed by atoms with van der Waals surface area (Å²) in [5, 5.41) is 3.67. The van der Waals surface area contributed by atoms with E-state index in [-0.39, 0.29) is 0 Å². The van der Waals surface area contributed by atoms with Gasteiger partial charge in [-0.05, 0) is 17.2 Å². The lowest BCUT2D eigenvalue weighted by molar-refractivity contribution is 0.632. The minimum atomic E-state index is 0.912. The molecule has 0 saturated heterocycles. The maximum Gasteiger partial charge on any atom is 0.144 e. The van der Waals surface area contributed by atoms with Gasteiger partial charge >= 0.3 is 0 Å². The van der Waals surface area contributed by atoms with Crippen LogP contribution >= 0.6 is 11.3 Å². The number of para-hydroxylation sites is 1. The first-order chi connectivity index (χ1) is 17.9. The Kier molecular flexibility index (Phi) is 5.04. The SMILES string of the molecule is c1ccc(-c2ccccc2-c2sc(-c3c(-c4ccccc4)oc4ccccc34)c3ccccc23)cc1. The summed E-state index contributed by atoms with van der Waals surface area (Å²) < 4.78 is 6.50. The van der Waals surface area contributed by atoms with Gasteiger partial charge < -0.3 is 4.42 Å². The number of fused-ring (bicyclic) bond motifs is 2. The molecule has 7 aromatic rings. The van der Waals surface area contributed by atoms with Gasteiger partial charge in [-0.25, -0.2) is 0 Å². The number of hydrogen-bond donors (Lipinski definition) is 0. The first-order valence-corrected chi connectivity index (χ1v) is 12.9. The van der Waals surface area contributed by atoms with Gasteiger partial charge in [0.25, 0.3) is 0 Å². The van der Waals surface area contributed by atoms with Gasteiger partial charge in [-0.3, -0.25) is 0 Å². The van der Waals surface area contributed by atoms with Crippen LogP contribution < -0.4 is 0 Å². The van der Waals surface area contributed by atoms with Gasteiger partial charge in [0.05, 0.1) is 0 Å². The molecule has 7 rings (SSSR count). The Balaban J connectivity index is 1.54. The summed E-state index contributed by atoms with van der Waals surface area (Å²) in [7, 11) is 0. The summed E-state index contributed by atoms with van der Waals surface area (Å²) in [6.07, 6.45) is 0. The molecule has 2 aromatic heterocycles. The molecule has 0 aliphatic heterocycles. The lowest BCUT2D eigenvalue weighted by atomic mass is 9.96. The van der Waals surface area contributed by atoms with Gasteiger partial charge in [-0.15, -0.1) is 11.3 Å². The van der Waals surface area contributed by atoms with Crippen molar-refractivity contribution in [3.63, 3.8) is 0 Å². The highest BCUT2D eigenvalue weighted by Crippen LogP contribution is 2.51. The molecule has 0 amide bonds. The van der Waals surface area contributed by atoms with Crippen LogP contribution in [0.3, 0.4) is 0 Å². The maximum absolute atomic E-state index is 6.50. The maximum atomic E-state index is 6.50. The van der Waals surface area contributed by atoms with Crippen LogP contribution in [0.2, 0.25) is 0 Å². The van der Waals surface area contributed by atoms with Gasteiger partial charge in [0.15, 0.2) is 0 Å². The van der Waals surface area contributed by atoms with Crippen LogP contribution in [0.25, 0.3) is 65.1 Å². The smallest absolute Gasteiger partial charge is 0.144 e. The first kappa shape index (κ1) is 20.9. The van der Waals surface area contributed by atoms with Crippen molar-refractivity contribution >= 4 is 33.1 Å². The van der Waals surface area contributed by atoms with Gasteiger partial charge in [-0.1, -0.05) is 127 Å². The topological polar surface area (TPSA) is 13.1 Å². The average Bonchev–Trinajstić information content (AvgIpc) is 3.53. The van der Waals surface area contributed by atoms with Crippen molar-refractivity contribution in [3.05, 3.63) is 133 Å². The number of thiophene rings is 1. The molecule has 0 saturated carbocycles. The predicted octanol–water partition coefficient (Wildman–Crippen LogP) is 10.3. The van der Waals surface area contributed by atoms with E-state index in [0.717, 1.165) is 22.3 Å². The summed E-state index contributed by atoms with van der Waals surface area (Å²) in [6.45, 7) is 0. The summed E-state index contributed by atoms with van der Waals surface area (Å²) in [4.78, 5) is 2.52. The zero-order valence-corrected chi connectivity index (χ0v) is 20.3. The lowest BCUT2D eigenvalue weighted by Gasteiger charge is -2.09. The molecule has 0 aliphatic carbocycles. The zero-order valence-electron chi connectivity index (χ0n) is 19.5. The molecule has 0 N–H and O–H groups in total. The third kappa shape index (κ3) is 3.38. The van der Waals surface area contributed by atoms with Crippen LogP contribution in [0.5, 0.6) is 0 Å². The molecule has 0 spiro atoms. The van der Waals surface area contributed by atoms with Crippen molar-refractivity contribution in [2.45, 2.75) is 0 Å². The number of rotatable bonds is 4. The van der Waals surface area contributed by atoms with Gasteiger partial charge in [0.2, 0.25) is 0 Å². The van der Waals surface area contributed by atoms with Gasteiger partial charge in [-0.2, -0.15) is 0 Å². The average molecular weight is 479 g/mol. The molecule has 36 heavy (non-hydrogen) atoms. The van der Waals surface area contributed by atoms with Crippen LogP contribution in [0.4, 0.5) is 0 Å². The Morgan fingerprint density at radius 1 is 0.417 bits per heavy atom. The van der Waals surface area contributed by atoms with Crippen molar-refractivity contribution in [2.75, 3.05) is 0 Å². The van der Waals surface area contributed by atoms with Crippen molar-refractivity contribution in [1.29, 1.82) is 0 Å². The molecule has 0 fully saturated rings. The minimum absolute atomic E-state index is 0.912. The summed E-state index contributed by atoms with van der Waals surface area (Å²) in [6, 6.07) is 47.0. The number of furan rings is 1. The minimum Gasteiger partial charge on any atom is -0.455 e. The highest BCUT2D eigenvalue weighted by molar-refractivity contribution is 7.21. The molecular formula is C34H22OS. The third-order valence-corrected chi connectivity index (χ3v) is 8.01. The predicted molar refractivity (Wildman–Crippen MR) is 153 cm³/mol. The second kappa shape index (κ2) is 8.67. The molecule has 0 atom stereocenters. The van der Waals surface area contributed by atoms with Crippen LogP contribution in [0.1, 0.15) is 0 Å². The second-order valence-electron chi connectivity index (χ2n) is 8.89. The molecular weight excluding hydrogens is 456 g/mol. The Bertz CT molecular complexity index is 1820. The first-order valence-electron chi connectivity index (χ1n) is 12.1. The molecule has 0 radical (unpaired) electrons. The lowest BCUT2D eigenvalue weighted by Crippen LogP contribution is -1.82. The van der Waals surface area contributed by atoms with Gasteiger partial charge in [0, 0.05) is 42.6 Å². The third-order valence-electron chi connectivity index (χ3n) is 6.74. The van der Waals surface area contributed by atoms with E-state index in [2.05, 4.69) is 121 Å². The van der Waals surface area contributed by atoms with E-state index in [0.29, 0.717) is 0 Å². The zero-order chi connectivity index (χ0) is 23.9. The summed E-state index contributed by atoms with van der Waals surface area (Å²) >= 11 is 1.86. The van der Waals surface area contributed by atoms with E-state index in [4.69, 9.17) is 4.42 Å². The van der Waals surface area contributed by atoms with Crippen molar-refractivity contribution < 1.29 is 4.42 Å². The van der Waals surface area contributed by atoms with E-state index in [1.165, 1.54) is 42.8 Å². The Hall–Kier alpha value is -4.40. The van der Waals surface area contributed by atoms with Crippen molar-refractivity contribution in [2.24, 2.45) is 0 Å². The fourth-order valence-electron chi connectivity index (χ4n) is 5.09. The quantitative estimate of drug-likeness (QED) is 0.245. The van der Waals surface area contributed by atoms with Crippen LogP contribution in [-0.2, 0) is 0 Å². The van der Waals surface area contributed by atoms with Gasteiger partial charge in [0.1, 0.15) is 11.3 Å². The van der Waals surface area contributed by atoms with E-state index < -0.39 is 0 Å². The van der Waals surface area contributed by atoms with E-state index in [1.807, 2.05) is 23.5 Å². The monoisotopic (exact) mass is 478 g/mol. The fourth-order valence-corrected chi connectivity index (χ4v) is 6.46. The fraction of sp³-hybridized carbons (Fsp3) is 0. The highest BCUT2D eigenvalue weighted by atomic mass is 32.1. The molecule has 2 heterocycles. The normalized spacial score (nSPS) is 11.3. The van der Waals surface area contributed by atoms with E-state index >= 15 is 0 Å². The molecule has 1 nitrogen and oxygen atoms in total. The van der Waals surface area contributed by atoms with Crippen molar-refractivity contribution in [3.8, 4) is 43.3 Å². The van der Waals surface area contributed by atoms with Crippen LogP contribution in [0, 0.1) is 0 Å². The Morgan fingerprint density at radius 2 is 0.944 bits per heavy atom. The molecule has 170 valence electrons. The Labute approximate surface area is 213 Å². The van der Waals surface area contributed by atoms with E-state index in [9.17, 15) is 0 Å². The van der Waals surface area contributed by atoms with Crippen LogP contribution in [-0.4, -0.2) is 0 Å². The van der Waals surface area contributed by atoms with Crippen molar-refractivity contribution in [1.82, 2.24) is 0 Å². The largest absolute Gasteiger partial charge is 0.455 e. The summed E-state index contributed by atoms with van der Waals surface area (Å²) in [5.41, 5.74) is 6.90. The molecule has 0 aliphatic rings. The molecule has 2 heteroatoms. The standard InChI is InChI=1S/C34H22OS/c1-3-13-23(14-4-1)25-17-7-8-18-26(25)33-27-19-9-10-20-28(27)34(36-33)31-29-21-11-12-22-30(29)35-32(31)24-15-5-2-6-16-24/h1-22H. The second-order valence-corrected chi connectivity index (χ2v) is 9.91. The van der Waals surface area contributed by atoms with Crippen LogP contribution in [0.15, 0.2) is 138 Å². The number of benzene rings is 5. The molecule has 5 aromatic carbocycles. The molecule has 0 bridgehead atoms. The van der Waals surface area contributed by atoms with E-state index in [1.54, 1.807) is 0 Å².